The average molecular weight is 252 g/mol. The molecule has 1 saturated carbocycles. The molecule has 0 radical (unpaired) electrons. The monoisotopic (exact) mass is 252 g/mol. The van der Waals surface area contributed by atoms with Crippen LogP contribution >= 0.6 is 0 Å². The van der Waals surface area contributed by atoms with Crippen LogP contribution in [0.2, 0.25) is 0 Å². The molecule has 0 aromatic rings. The predicted octanol–water partition coefficient (Wildman–Crippen LogP) is 2.60. The number of carbonyl (C=O) groups is 1. The van der Waals surface area contributed by atoms with Gasteiger partial charge in [-0.3, -0.25) is 4.79 Å². The minimum atomic E-state index is 0.277. The Balaban J connectivity index is 1.82. The molecule has 1 heterocycles. The maximum absolute atomic E-state index is 12.3. The number of piperidine rings is 1. The molecular formula is C15H28N2O. The first kappa shape index (κ1) is 13.9. The Labute approximate surface area is 111 Å². The van der Waals surface area contributed by atoms with Gasteiger partial charge in [0.2, 0.25) is 5.91 Å². The Hall–Kier alpha value is -0.570. The summed E-state index contributed by atoms with van der Waals surface area (Å²) < 4.78 is 0. The summed E-state index contributed by atoms with van der Waals surface area (Å²) in [6.45, 7) is 4.41. The fraction of sp³-hybridized carbons (Fsp3) is 0.933. The molecule has 1 saturated heterocycles. The summed E-state index contributed by atoms with van der Waals surface area (Å²) in [6.07, 6.45) is 9.55. The molecule has 3 unspecified atom stereocenters. The van der Waals surface area contributed by atoms with Crippen LogP contribution in [0.15, 0.2) is 0 Å². The molecule has 0 aromatic carbocycles. The minimum Gasteiger partial charge on any atom is -0.352 e. The summed E-state index contributed by atoms with van der Waals surface area (Å²) >= 11 is 0. The predicted molar refractivity (Wildman–Crippen MR) is 74.4 cm³/mol. The van der Waals surface area contributed by atoms with Crippen molar-refractivity contribution in [2.24, 2.45) is 5.92 Å². The summed E-state index contributed by atoms with van der Waals surface area (Å²) in [6, 6.07) is 1.33. The van der Waals surface area contributed by atoms with Crippen molar-refractivity contribution in [1.82, 2.24) is 10.6 Å². The molecule has 1 aliphatic heterocycles. The van der Waals surface area contributed by atoms with E-state index in [1.54, 1.807) is 0 Å². The second-order valence-corrected chi connectivity index (χ2v) is 6.24. The van der Waals surface area contributed by atoms with Crippen LogP contribution in [0.25, 0.3) is 0 Å². The molecule has 2 N–H and O–H groups in total. The van der Waals surface area contributed by atoms with Crippen molar-refractivity contribution < 1.29 is 4.79 Å². The lowest BCUT2D eigenvalue weighted by Crippen LogP contribution is -2.55. The molecule has 2 aliphatic rings. The molecule has 1 aliphatic carbocycles. The highest BCUT2D eigenvalue weighted by Gasteiger charge is 2.28. The zero-order chi connectivity index (χ0) is 13.0. The highest BCUT2D eigenvalue weighted by Crippen LogP contribution is 2.23. The summed E-state index contributed by atoms with van der Waals surface area (Å²) in [5.74, 6) is 0.587. The second-order valence-electron chi connectivity index (χ2n) is 6.24. The fourth-order valence-corrected chi connectivity index (χ4v) is 3.37. The molecule has 0 bridgehead atoms. The molecule has 2 fully saturated rings. The fourth-order valence-electron chi connectivity index (χ4n) is 3.37. The summed E-state index contributed by atoms with van der Waals surface area (Å²) in [5.41, 5.74) is 0. The average Bonchev–Trinajstić information content (AvgIpc) is 2.61. The van der Waals surface area contributed by atoms with Gasteiger partial charge in [0, 0.05) is 24.0 Å². The molecule has 3 atom stereocenters. The van der Waals surface area contributed by atoms with Crippen LogP contribution < -0.4 is 10.6 Å². The van der Waals surface area contributed by atoms with Crippen LogP contribution in [0.1, 0.15) is 65.2 Å². The number of carbonyl (C=O) groups excluding carboxylic acids is 1. The van der Waals surface area contributed by atoms with Gasteiger partial charge in [0.25, 0.3) is 0 Å². The van der Waals surface area contributed by atoms with Gasteiger partial charge in [-0.2, -0.15) is 0 Å². The van der Waals surface area contributed by atoms with E-state index in [-0.39, 0.29) is 5.92 Å². The molecule has 0 spiro atoms. The van der Waals surface area contributed by atoms with Crippen LogP contribution in [-0.2, 0) is 4.79 Å². The molecule has 3 nitrogen and oxygen atoms in total. The van der Waals surface area contributed by atoms with E-state index < -0.39 is 0 Å². The van der Waals surface area contributed by atoms with E-state index in [2.05, 4.69) is 24.5 Å². The molecule has 1 amide bonds. The minimum absolute atomic E-state index is 0.277. The van der Waals surface area contributed by atoms with Crippen molar-refractivity contribution in [3.63, 3.8) is 0 Å². The molecule has 18 heavy (non-hydrogen) atoms. The van der Waals surface area contributed by atoms with Crippen molar-refractivity contribution in [2.45, 2.75) is 83.3 Å². The quantitative estimate of drug-likeness (QED) is 0.742. The first-order chi connectivity index (χ1) is 8.66. The smallest absolute Gasteiger partial charge is 0.223 e. The van der Waals surface area contributed by atoms with Crippen LogP contribution in [0, 0.1) is 5.92 Å². The van der Waals surface area contributed by atoms with Gasteiger partial charge in [-0.25, -0.2) is 0 Å². The Morgan fingerprint density at radius 2 is 1.67 bits per heavy atom. The number of amides is 1. The van der Waals surface area contributed by atoms with Gasteiger partial charge in [-0.1, -0.05) is 25.7 Å². The van der Waals surface area contributed by atoms with Gasteiger partial charge in [0.05, 0.1) is 0 Å². The number of rotatable bonds is 2. The summed E-state index contributed by atoms with van der Waals surface area (Å²) in [7, 11) is 0. The normalized spacial score (nSPS) is 34.9. The first-order valence-corrected chi connectivity index (χ1v) is 7.73. The summed E-state index contributed by atoms with van der Waals surface area (Å²) in [5, 5.41) is 6.82. The third-order valence-electron chi connectivity index (χ3n) is 4.62. The maximum Gasteiger partial charge on any atom is 0.223 e. The third kappa shape index (κ3) is 3.71. The Kier molecular flexibility index (Phi) is 5.04. The lowest BCUT2D eigenvalue weighted by molar-refractivity contribution is -0.126. The van der Waals surface area contributed by atoms with Crippen molar-refractivity contribution in [3.8, 4) is 0 Å². The lowest BCUT2D eigenvalue weighted by atomic mass is 9.93. The Morgan fingerprint density at radius 3 is 2.28 bits per heavy atom. The molecular weight excluding hydrogens is 224 g/mol. The highest BCUT2D eigenvalue weighted by molar-refractivity contribution is 5.79. The van der Waals surface area contributed by atoms with E-state index in [0.29, 0.717) is 24.0 Å². The van der Waals surface area contributed by atoms with Crippen molar-refractivity contribution in [2.75, 3.05) is 0 Å². The maximum atomic E-state index is 12.3. The van der Waals surface area contributed by atoms with Gasteiger partial charge in [0.1, 0.15) is 0 Å². The van der Waals surface area contributed by atoms with Crippen molar-refractivity contribution >= 4 is 5.91 Å². The number of hydrogen-bond acceptors (Lipinski definition) is 2. The topological polar surface area (TPSA) is 41.1 Å². The van der Waals surface area contributed by atoms with Gasteiger partial charge in [0.15, 0.2) is 0 Å². The van der Waals surface area contributed by atoms with Crippen LogP contribution in [-0.4, -0.2) is 24.0 Å². The van der Waals surface area contributed by atoms with Crippen LogP contribution in [0.4, 0.5) is 0 Å². The molecule has 104 valence electrons. The van der Waals surface area contributed by atoms with E-state index in [1.807, 2.05) is 0 Å². The third-order valence-corrected chi connectivity index (χ3v) is 4.62. The van der Waals surface area contributed by atoms with Crippen molar-refractivity contribution in [1.29, 1.82) is 0 Å². The standard InChI is InChI=1S/C15H28N2O/c1-11-9-10-14(12(2)16-11)17-15(18)13-7-5-3-4-6-8-13/h11-14,16H,3-10H2,1-2H3,(H,17,18). The first-order valence-electron chi connectivity index (χ1n) is 7.73. The van der Waals surface area contributed by atoms with E-state index >= 15 is 0 Å². The lowest BCUT2D eigenvalue weighted by Gasteiger charge is -2.35. The Morgan fingerprint density at radius 1 is 1.00 bits per heavy atom. The van der Waals surface area contributed by atoms with E-state index in [1.165, 1.54) is 32.1 Å². The van der Waals surface area contributed by atoms with E-state index in [9.17, 15) is 4.79 Å². The second kappa shape index (κ2) is 6.55. The van der Waals surface area contributed by atoms with Crippen LogP contribution in [0.5, 0.6) is 0 Å². The van der Waals surface area contributed by atoms with Crippen molar-refractivity contribution in [3.05, 3.63) is 0 Å². The SMILES string of the molecule is CC1CCC(NC(=O)C2CCCCCC2)C(C)N1. The molecule has 2 rings (SSSR count). The van der Waals surface area contributed by atoms with Gasteiger partial charge < -0.3 is 10.6 Å². The highest BCUT2D eigenvalue weighted by atomic mass is 16.1. The van der Waals surface area contributed by atoms with E-state index in [4.69, 9.17) is 0 Å². The molecule has 3 heteroatoms. The van der Waals surface area contributed by atoms with E-state index in [0.717, 1.165) is 19.3 Å². The number of nitrogens with one attached hydrogen (secondary N) is 2. The molecule has 0 aromatic heterocycles. The number of hydrogen-bond donors (Lipinski definition) is 2. The van der Waals surface area contributed by atoms with Gasteiger partial charge >= 0.3 is 0 Å². The zero-order valence-electron chi connectivity index (χ0n) is 11.9. The van der Waals surface area contributed by atoms with Gasteiger partial charge in [-0.05, 0) is 39.5 Å². The summed E-state index contributed by atoms with van der Waals surface area (Å²) in [4.78, 5) is 12.3. The largest absolute Gasteiger partial charge is 0.352 e. The van der Waals surface area contributed by atoms with Gasteiger partial charge in [-0.15, -0.1) is 0 Å². The van der Waals surface area contributed by atoms with Crippen LogP contribution in [0.3, 0.4) is 0 Å². The zero-order valence-corrected chi connectivity index (χ0v) is 11.9. The Bertz CT molecular complexity index is 272.